The molecule has 1 aromatic carbocycles. The van der Waals surface area contributed by atoms with Crippen molar-refractivity contribution < 1.29 is 22.3 Å². The molecule has 0 unspecified atom stereocenters. The summed E-state index contributed by atoms with van der Waals surface area (Å²) in [7, 11) is -3.82. The standard InChI is InChI=1S/C20H28FNO4S/c1-4-16(3)15-22-12-10-20(11-13-22,14-19(23)26-5-2)27(24,25)18-8-6-17(21)7-9-18/h4,6-9H,5,10-15H2,1-3H3/b16-4+. The fourth-order valence-corrected chi connectivity index (χ4v) is 5.46. The number of nitrogens with zero attached hydrogens (tertiary/aromatic N) is 1. The zero-order valence-electron chi connectivity index (χ0n) is 16.2. The molecule has 5 nitrogen and oxygen atoms in total. The third-order valence-electron chi connectivity index (χ3n) is 5.20. The molecule has 1 aliphatic rings. The minimum Gasteiger partial charge on any atom is -0.466 e. The zero-order chi connectivity index (χ0) is 20.1. The van der Waals surface area contributed by atoms with E-state index in [1.54, 1.807) is 6.92 Å². The Hall–Kier alpha value is -1.73. The van der Waals surface area contributed by atoms with Gasteiger partial charge in [-0.15, -0.1) is 0 Å². The van der Waals surface area contributed by atoms with Crippen molar-refractivity contribution in [1.82, 2.24) is 4.90 Å². The van der Waals surface area contributed by atoms with Gasteiger partial charge in [-0.2, -0.15) is 0 Å². The first-order valence-corrected chi connectivity index (χ1v) is 10.7. The van der Waals surface area contributed by atoms with Crippen LogP contribution >= 0.6 is 0 Å². The number of halogens is 1. The van der Waals surface area contributed by atoms with Crippen molar-refractivity contribution in [1.29, 1.82) is 0 Å². The number of likely N-dealkylation sites (tertiary alicyclic amines) is 1. The van der Waals surface area contributed by atoms with Gasteiger partial charge in [0, 0.05) is 19.6 Å². The van der Waals surface area contributed by atoms with Crippen molar-refractivity contribution >= 4 is 15.8 Å². The Labute approximate surface area is 161 Å². The highest BCUT2D eigenvalue weighted by Crippen LogP contribution is 2.39. The molecule has 1 heterocycles. The Balaban J connectivity index is 2.32. The minimum atomic E-state index is -3.82. The van der Waals surface area contributed by atoms with Gasteiger partial charge in [-0.3, -0.25) is 9.69 Å². The molecule has 0 spiro atoms. The number of rotatable bonds is 7. The van der Waals surface area contributed by atoms with E-state index in [-0.39, 0.29) is 17.9 Å². The Morgan fingerprint density at radius 3 is 2.37 bits per heavy atom. The molecule has 0 amide bonds. The molecule has 0 atom stereocenters. The highest BCUT2D eigenvalue weighted by molar-refractivity contribution is 7.92. The first kappa shape index (κ1) is 21.6. The zero-order valence-corrected chi connectivity index (χ0v) is 17.0. The van der Waals surface area contributed by atoms with E-state index < -0.39 is 26.4 Å². The van der Waals surface area contributed by atoms with Crippen LogP contribution in [0.5, 0.6) is 0 Å². The molecule has 1 fully saturated rings. The maximum Gasteiger partial charge on any atom is 0.307 e. The lowest BCUT2D eigenvalue weighted by Gasteiger charge is -2.40. The van der Waals surface area contributed by atoms with Crippen molar-refractivity contribution in [3.05, 3.63) is 41.7 Å². The lowest BCUT2D eigenvalue weighted by Crippen LogP contribution is -2.50. The maximum absolute atomic E-state index is 13.4. The van der Waals surface area contributed by atoms with Crippen molar-refractivity contribution in [2.75, 3.05) is 26.2 Å². The van der Waals surface area contributed by atoms with Crippen LogP contribution in [0.15, 0.2) is 40.8 Å². The molecular weight excluding hydrogens is 369 g/mol. The Morgan fingerprint density at radius 2 is 1.85 bits per heavy atom. The van der Waals surface area contributed by atoms with Gasteiger partial charge in [0.15, 0.2) is 9.84 Å². The van der Waals surface area contributed by atoms with E-state index in [9.17, 15) is 17.6 Å². The average molecular weight is 398 g/mol. The molecule has 0 bridgehead atoms. The van der Waals surface area contributed by atoms with E-state index in [1.165, 1.54) is 17.7 Å². The van der Waals surface area contributed by atoms with Crippen LogP contribution in [0, 0.1) is 5.82 Å². The van der Waals surface area contributed by atoms with Crippen LogP contribution in [0.1, 0.15) is 40.0 Å². The summed E-state index contributed by atoms with van der Waals surface area (Å²) in [5.74, 6) is -1.01. The van der Waals surface area contributed by atoms with Gasteiger partial charge in [-0.1, -0.05) is 11.6 Å². The number of sulfone groups is 1. The first-order chi connectivity index (χ1) is 12.7. The largest absolute Gasteiger partial charge is 0.466 e. The van der Waals surface area contributed by atoms with E-state index in [0.717, 1.165) is 18.7 Å². The normalized spacial score (nSPS) is 18.3. The SMILES string of the molecule is C/C=C(\C)CN1CCC(CC(=O)OCC)(S(=O)(=O)c2ccc(F)cc2)CC1. The highest BCUT2D eigenvalue weighted by Gasteiger charge is 2.48. The molecule has 2 rings (SSSR count). The van der Waals surface area contributed by atoms with Gasteiger partial charge >= 0.3 is 5.97 Å². The highest BCUT2D eigenvalue weighted by atomic mass is 32.2. The van der Waals surface area contributed by atoms with Gasteiger partial charge in [0.25, 0.3) is 0 Å². The molecule has 0 aromatic heterocycles. The lowest BCUT2D eigenvalue weighted by atomic mass is 9.92. The van der Waals surface area contributed by atoms with Crippen molar-refractivity contribution in [2.45, 2.75) is 49.7 Å². The quantitative estimate of drug-likeness (QED) is 0.401. The number of hydrogen-bond acceptors (Lipinski definition) is 5. The molecular formula is C20H28FNO4S. The van der Waals surface area contributed by atoms with E-state index in [0.29, 0.717) is 25.9 Å². The number of benzene rings is 1. The monoisotopic (exact) mass is 397 g/mol. The summed E-state index contributed by atoms with van der Waals surface area (Å²) < 4.78 is 43.8. The second kappa shape index (κ2) is 8.97. The summed E-state index contributed by atoms with van der Waals surface area (Å²) in [4.78, 5) is 14.4. The Bertz CT molecular complexity index is 779. The van der Waals surface area contributed by atoms with Crippen LogP contribution in [-0.2, 0) is 19.4 Å². The van der Waals surface area contributed by atoms with Gasteiger partial charge in [0.2, 0.25) is 0 Å². The molecule has 0 radical (unpaired) electrons. The third kappa shape index (κ3) is 4.96. The fourth-order valence-electron chi connectivity index (χ4n) is 3.44. The van der Waals surface area contributed by atoms with Gasteiger partial charge in [0.1, 0.15) is 5.82 Å². The van der Waals surface area contributed by atoms with E-state index in [1.807, 2.05) is 19.9 Å². The molecule has 150 valence electrons. The summed E-state index contributed by atoms with van der Waals surface area (Å²) in [6.45, 7) is 7.84. The van der Waals surface area contributed by atoms with E-state index in [4.69, 9.17) is 4.74 Å². The van der Waals surface area contributed by atoms with Gasteiger partial charge in [0.05, 0.1) is 22.7 Å². The van der Waals surface area contributed by atoms with Crippen LogP contribution in [-0.4, -0.2) is 50.3 Å². The number of hydrogen-bond donors (Lipinski definition) is 0. The second-order valence-electron chi connectivity index (χ2n) is 7.03. The summed E-state index contributed by atoms with van der Waals surface area (Å²) in [5, 5.41) is 0. The summed E-state index contributed by atoms with van der Waals surface area (Å²) in [6.07, 6.45) is 2.53. The molecule has 1 aromatic rings. The molecule has 7 heteroatoms. The summed E-state index contributed by atoms with van der Waals surface area (Å²) in [5.41, 5.74) is 1.22. The first-order valence-electron chi connectivity index (χ1n) is 9.24. The van der Waals surface area contributed by atoms with Crippen LogP contribution in [0.4, 0.5) is 4.39 Å². The predicted octanol–water partition coefficient (Wildman–Crippen LogP) is 3.35. The average Bonchev–Trinajstić information content (AvgIpc) is 2.63. The van der Waals surface area contributed by atoms with Crippen molar-refractivity contribution in [3.8, 4) is 0 Å². The number of carbonyl (C=O) groups excluding carboxylic acids is 1. The molecule has 0 aliphatic carbocycles. The number of ether oxygens (including phenoxy) is 1. The predicted molar refractivity (Wildman–Crippen MR) is 103 cm³/mol. The Morgan fingerprint density at radius 1 is 1.26 bits per heavy atom. The van der Waals surface area contributed by atoms with Crippen molar-refractivity contribution in [2.24, 2.45) is 0 Å². The number of esters is 1. The van der Waals surface area contributed by atoms with Gasteiger partial charge in [-0.25, -0.2) is 12.8 Å². The second-order valence-corrected chi connectivity index (χ2v) is 9.38. The third-order valence-corrected chi connectivity index (χ3v) is 7.78. The summed E-state index contributed by atoms with van der Waals surface area (Å²) >= 11 is 0. The van der Waals surface area contributed by atoms with Crippen LogP contribution in [0.3, 0.4) is 0 Å². The van der Waals surface area contributed by atoms with Gasteiger partial charge in [-0.05, 0) is 57.9 Å². The molecule has 0 saturated carbocycles. The molecule has 0 N–H and O–H groups in total. The topological polar surface area (TPSA) is 63.7 Å². The lowest BCUT2D eigenvalue weighted by molar-refractivity contribution is -0.144. The number of carbonyl (C=O) groups is 1. The van der Waals surface area contributed by atoms with Crippen LogP contribution in [0.25, 0.3) is 0 Å². The minimum absolute atomic E-state index is 0.0475. The molecule has 1 aliphatic heterocycles. The Kier molecular flexibility index (Phi) is 7.17. The number of allylic oxidation sites excluding steroid dienone is 1. The van der Waals surface area contributed by atoms with E-state index >= 15 is 0 Å². The van der Waals surface area contributed by atoms with Crippen LogP contribution < -0.4 is 0 Å². The van der Waals surface area contributed by atoms with Crippen molar-refractivity contribution in [3.63, 3.8) is 0 Å². The number of piperidine rings is 1. The smallest absolute Gasteiger partial charge is 0.307 e. The summed E-state index contributed by atoms with van der Waals surface area (Å²) in [6, 6.07) is 4.81. The van der Waals surface area contributed by atoms with Crippen LogP contribution in [0.2, 0.25) is 0 Å². The molecule has 1 saturated heterocycles. The van der Waals surface area contributed by atoms with Gasteiger partial charge < -0.3 is 4.74 Å². The maximum atomic E-state index is 13.4. The fraction of sp³-hybridized carbons (Fsp3) is 0.550. The molecule has 27 heavy (non-hydrogen) atoms. The van der Waals surface area contributed by atoms with E-state index in [2.05, 4.69) is 4.90 Å².